The van der Waals surface area contributed by atoms with Gasteiger partial charge in [0.05, 0.1) is 25.9 Å². The van der Waals surface area contributed by atoms with E-state index in [0.717, 1.165) is 24.1 Å². The van der Waals surface area contributed by atoms with E-state index in [1.165, 1.54) is 12.8 Å². The zero-order valence-electron chi connectivity index (χ0n) is 10.9. The van der Waals surface area contributed by atoms with Crippen LogP contribution in [0.5, 0.6) is 0 Å². The third-order valence-corrected chi connectivity index (χ3v) is 4.60. The normalized spacial score (nSPS) is 19.6. The molecule has 1 aliphatic rings. The third-order valence-electron chi connectivity index (χ3n) is 3.28. The maximum absolute atomic E-state index is 11.5. The van der Waals surface area contributed by atoms with E-state index in [2.05, 4.69) is 7.05 Å². The van der Waals surface area contributed by atoms with Crippen molar-refractivity contribution < 1.29 is 21.8 Å². The van der Waals surface area contributed by atoms with E-state index in [9.17, 15) is 8.42 Å². The average Bonchev–Trinajstić information content (AvgIpc) is 2.65. The van der Waals surface area contributed by atoms with Gasteiger partial charge in [-0.25, -0.2) is 0 Å². The molecule has 5 nitrogen and oxygen atoms in total. The van der Waals surface area contributed by atoms with Crippen LogP contribution in [0.25, 0.3) is 0 Å². The molecule has 0 aliphatic carbocycles. The Hall–Kier alpha value is -0.170. The summed E-state index contributed by atoms with van der Waals surface area (Å²) in [6.07, 6.45) is 2.96. The summed E-state index contributed by atoms with van der Waals surface area (Å²) in [5, 5.41) is 0. The van der Waals surface area contributed by atoms with Crippen molar-refractivity contribution in [1.29, 1.82) is 0 Å². The van der Waals surface area contributed by atoms with Gasteiger partial charge in [0.2, 0.25) is 0 Å². The summed E-state index contributed by atoms with van der Waals surface area (Å²) in [5.74, 6) is 0.0462. The Balaban J connectivity index is 2.20. The number of quaternary nitrogens is 1. The summed E-state index contributed by atoms with van der Waals surface area (Å²) < 4.78 is 33.8. The molecule has 1 rings (SSSR count). The highest BCUT2D eigenvalue weighted by Gasteiger charge is 2.27. The summed E-state index contributed by atoms with van der Waals surface area (Å²) in [6, 6.07) is 0. The van der Waals surface area contributed by atoms with Gasteiger partial charge in [0.1, 0.15) is 13.2 Å². The summed E-state index contributed by atoms with van der Waals surface area (Å²) in [5.41, 5.74) is 0. The summed E-state index contributed by atoms with van der Waals surface area (Å²) >= 11 is 0. The third kappa shape index (κ3) is 5.81. The fraction of sp³-hybridized carbons (Fsp3) is 1.00. The van der Waals surface area contributed by atoms with E-state index in [0.29, 0.717) is 19.6 Å². The lowest BCUT2D eigenvalue weighted by Crippen LogP contribution is -2.43. The van der Waals surface area contributed by atoms with E-state index in [1.54, 1.807) is 7.11 Å². The Morgan fingerprint density at radius 1 is 1.18 bits per heavy atom. The van der Waals surface area contributed by atoms with E-state index in [1.807, 2.05) is 0 Å². The Morgan fingerprint density at radius 3 is 2.41 bits per heavy atom. The van der Waals surface area contributed by atoms with E-state index < -0.39 is 10.1 Å². The zero-order chi connectivity index (χ0) is 12.8. The predicted molar refractivity (Wildman–Crippen MR) is 66.3 cm³/mol. The molecule has 0 N–H and O–H groups in total. The topological polar surface area (TPSA) is 52.6 Å². The van der Waals surface area contributed by atoms with E-state index >= 15 is 0 Å². The van der Waals surface area contributed by atoms with Crippen molar-refractivity contribution in [1.82, 2.24) is 0 Å². The smallest absolute Gasteiger partial charge is 0.267 e. The van der Waals surface area contributed by atoms with Crippen LogP contribution < -0.4 is 0 Å². The minimum atomic E-state index is -3.36. The van der Waals surface area contributed by atoms with Gasteiger partial charge >= 0.3 is 0 Å². The lowest BCUT2D eigenvalue weighted by atomic mass is 10.4. The summed E-state index contributed by atoms with van der Waals surface area (Å²) in [6.45, 7) is 3.80. The van der Waals surface area contributed by atoms with E-state index in [-0.39, 0.29) is 5.75 Å². The molecule has 0 bridgehead atoms. The molecule has 0 aromatic carbocycles. The fourth-order valence-corrected chi connectivity index (χ4v) is 3.06. The number of ether oxygens (including phenoxy) is 1. The molecule has 0 radical (unpaired) electrons. The number of likely N-dealkylation sites (tertiary alicyclic amines) is 1. The van der Waals surface area contributed by atoms with Crippen molar-refractivity contribution in [3.63, 3.8) is 0 Å². The van der Waals surface area contributed by atoms with Crippen LogP contribution in [0.1, 0.15) is 19.3 Å². The van der Waals surface area contributed by atoms with Crippen molar-refractivity contribution >= 4 is 10.1 Å². The molecule has 1 heterocycles. The first-order valence-corrected chi connectivity index (χ1v) is 7.75. The number of hydrogen-bond acceptors (Lipinski definition) is 4. The van der Waals surface area contributed by atoms with Crippen molar-refractivity contribution in [2.45, 2.75) is 19.3 Å². The van der Waals surface area contributed by atoms with Gasteiger partial charge in [-0.3, -0.25) is 4.18 Å². The molecular formula is C11H24NO4S+. The molecule has 0 atom stereocenters. The maximum atomic E-state index is 11.5. The Labute approximate surface area is 104 Å². The number of nitrogens with zero attached hydrogens (tertiary/aromatic N) is 1. The lowest BCUT2D eigenvalue weighted by molar-refractivity contribution is -0.897. The fourth-order valence-electron chi connectivity index (χ4n) is 2.15. The van der Waals surface area contributed by atoms with Gasteiger partial charge in [0, 0.05) is 26.6 Å². The summed E-state index contributed by atoms with van der Waals surface area (Å²) in [7, 11) is 0.360. The molecule has 6 heteroatoms. The number of rotatable bonds is 8. The van der Waals surface area contributed by atoms with Gasteiger partial charge < -0.3 is 9.22 Å². The highest BCUT2D eigenvalue weighted by atomic mass is 32.2. The summed E-state index contributed by atoms with van der Waals surface area (Å²) in [4.78, 5) is 0. The standard InChI is InChI=1S/C11H24NO4S/c1-12(6-3-4-7-12)8-10-16-17(13,14)11-5-9-15-2/h3-11H2,1-2H3/q+1. The van der Waals surface area contributed by atoms with Gasteiger partial charge in [-0.15, -0.1) is 0 Å². The monoisotopic (exact) mass is 266 g/mol. The minimum Gasteiger partial charge on any atom is -0.385 e. The molecular weight excluding hydrogens is 242 g/mol. The van der Waals surface area contributed by atoms with Crippen molar-refractivity contribution in [3.05, 3.63) is 0 Å². The average molecular weight is 266 g/mol. The quantitative estimate of drug-likeness (QED) is 0.367. The second-order valence-electron chi connectivity index (χ2n) is 4.93. The molecule has 0 amide bonds. The van der Waals surface area contributed by atoms with Gasteiger partial charge in [-0.1, -0.05) is 0 Å². The lowest BCUT2D eigenvalue weighted by Gasteiger charge is -2.28. The van der Waals surface area contributed by atoms with Crippen LogP contribution in [0.2, 0.25) is 0 Å². The van der Waals surface area contributed by atoms with Crippen LogP contribution in [-0.4, -0.2) is 65.7 Å². The maximum Gasteiger partial charge on any atom is 0.267 e. The van der Waals surface area contributed by atoms with Crippen LogP contribution >= 0.6 is 0 Å². The van der Waals surface area contributed by atoms with Crippen LogP contribution in [0, 0.1) is 0 Å². The van der Waals surface area contributed by atoms with Crippen LogP contribution in [-0.2, 0) is 19.0 Å². The molecule has 0 aromatic rings. The molecule has 0 saturated carbocycles. The van der Waals surface area contributed by atoms with Crippen molar-refractivity contribution in [2.24, 2.45) is 0 Å². The number of likely N-dealkylation sites (N-methyl/N-ethyl adjacent to an activating group) is 1. The zero-order valence-corrected chi connectivity index (χ0v) is 11.7. The molecule has 17 heavy (non-hydrogen) atoms. The molecule has 0 unspecified atom stereocenters. The number of hydrogen-bond donors (Lipinski definition) is 0. The molecule has 0 aromatic heterocycles. The second-order valence-corrected chi connectivity index (χ2v) is 6.69. The highest BCUT2D eigenvalue weighted by molar-refractivity contribution is 7.86. The molecule has 1 aliphatic heterocycles. The minimum absolute atomic E-state index is 0.0462. The Bertz CT molecular complexity index is 309. The van der Waals surface area contributed by atoms with Crippen LogP contribution in [0.15, 0.2) is 0 Å². The first kappa shape index (κ1) is 14.9. The number of methoxy groups -OCH3 is 1. The van der Waals surface area contributed by atoms with Crippen LogP contribution in [0.4, 0.5) is 0 Å². The first-order valence-electron chi connectivity index (χ1n) is 6.17. The van der Waals surface area contributed by atoms with Gasteiger partial charge in [0.25, 0.3) is 10.1 Å². The van der Waals surface area contributed by atoms with Gasteiger partial charge in [-0.05, 0) is 6.42 Å². The van der Waals surface area contributed by atoms with E-state index in [4.69, 9.17) is 8.92 Å². The Morgan fingerprint density at radius 2 is 1.82 bits per heavy atom. The molecule has 1 saturated heterocycles. The molecule has 1 fully saturated rings. The largest absolute Gasteiger partial charge is 0.385 e. The Kier molecular flexibility index (Phi) is 5.85. The molecule has 0 spiro atoms. The van der Waals surface area contributed by atoms with Crippen molar-refractivity contribution in [3.8, 4) is 0 Å². The predicted octanol–water partition coefficient (Wildman–Crippen LogP) is 0.610. The molecule has 102 valence electrons. The second kappa shape index (κ2) is 6.68. The van der Waals surface area contributed by atoms with Crippen molar-refractivity contribution in [2.75, 3.05) is 52.8 Å². The van der Waals surface area contributed by atoms with Crippen LogP contribution in [0.3, 0.4) is 0 Å². The first-order chi connectivity index (χ1) is 7.97. The highest BCUT2D eigenvalue weighted by Crippen LogP contribution is 2.15. The SMILES string of the molecule is COCCCS(=O)(=O)OCC[N+]1(C)CCCC1. The van der Waals surface area contributed by atoms with Gasteiger partial charge in [0.15, 0.2) is 0 Å². The van der Waals surface area contributed by atoms with Gasteiger partial charge in [-0.2, -0.15) is 8.42 Å².